The van der Waals surface area contributed by atoms with Gasteiger partial charge in [-0.15, -0.1) is 0 Å². The normalized spacial score (nSPS) is 11.3. The third kappa shape index (κ3) is 4.77. The van der Waals surface area contributed by atoms with E-state index in [1.54, 1.807) is 0 Å². The van der Waals surface area contributed by atoms with E-state index in [0.717, 1.165) is 23.7 Å². The fraction of sp³-hybridized carbons (Fsp3) is 0.538. The molecule has 0 spiro atoms. The first kappa shape index (κ1) is 14.0. The van der Waals surface area contributed by atoms with Crippen molar-refractivity contribution < 1.29 is 4.74 Å². The summed E-state index contributed by atoms with van der Waals surface area (Å²) in [6.07, 6.45) is 2.12. The Morgan fingerprint density at radius 2 is 2.06 bits per heavy atom. The average Bonchev–Trinajstić information content (AvgIpc) is 2.26. The Labute approximate surface area is 108 Å². The van der Waals surface area contributed by atoms with Crippen molar-refractivity contribution in [3.8, 4) is 5.75 Å². The summed E-state index contributed by atoms with van der Waals surface area (Å²) in [4.78, 5) is 0. The van der Waals surface area contributed by atoms with E-state index < -0.39 is 0 Å². The van der Waals surface area contributed by atoms with Gasteiger partial charge >= 0.3 is 0 Å². The first-order valence-electron chi connectivity index (χ1n) is 5.79. The molecule has 0 fully saturated rings. The van der Waals surface area contributed by atoms with Crippen LogP contribution in [0.3, 0.4) is 0 Å². The Hall–Kier alpha value is -1.03. The summed E-state index contributed by atoms with van der Waals surface area (Å²) >= 11 is 1.84. The zero-order valence-electron chi connectivity index (χ0n) is 11.0. The van der Waals surface area contributed by atoms with E-state index in [0.29, 0.717) is 6.61 Å². The minimum Gasteiger partial charge on any atom is -0.494 e. The predicted octanol–water partition coefficient (Wildman–Crippen LogP) is 3.22. The summed E-state index contributed by atoms with van der Waals surface area (Å²) in [5.74, 6) is 0.817. The Morgan fingerprint density at radius 1 is 1.35 bits per heavy atom. The van der Waals surface area contributed by atoms with Crippen molar-refractivity contribution in [1.29, 1.82) is 0 Å². The minimum atomic E-state index is 0.205. The molecule has 0 saturated heterocycles. The van der Waals surface area contributed by atoms with Crippen LogP contribution < -0.4 is 15.8 Å². The summed E-state index contributed by atoms with van der Waals surface area (Å²) < 4.78 is 5.67. The van der Waals surface area contributed by atoms with E-state index in [-0.39, 0.29) is 4.75 Å². The van der Waals surface area contributed by atoms with Gasteiger partial charge in [-0.3, -0.25) is 0 Å². The molecule has 1 aromatic rings. The van der Waals surface area contributed by atoms with Gasteiger partial charge in [0.25, 0.3) is 0 Å². The van der Waals surface area contributed by atoms with Crippen molar-refractivity contribution in [2.75, 3.05) is 30.5 Å². The number of thioether (sulfide) groups is 1. The van der Waals surface area contributed by atoms with Gasteiger partial charge < -0.3 is 15.8 Å². The molecule has 3 N–H and O–H groups in total. The van der Waals surface area contributed by atoms with Gasteiger partial charge in [-0.2, -0.15) is 11.8 Å². The van der Waals surface area contributed by atoms with Crippen LogP contribution in [0.25, 0.3) is 0 Å². The number of anilines is 2. The highest BCUT2D eigenvalue weighted by molar-refractivity contribution is 7.99. The van der Waals surface area contributed by atoms with Crippen LogP contribution in [0.4, 0.5) is 11.4 Å². The molecule has 0 saturated carbocycles. The molecule has 1 aromatic carbocycles. The second kappa shape index (κ2) is 6.05. The van der Waals surface area contributed by atoms with Gasteiger partial charge in [0.1, 0.15) is 5.75 Å². The third-order valence-electron chi connectivity index (χ3n) is 2.51. The van der Waals surface area contributed by atoms with E-state index >= 15 is 0 Å². The van der Waals surface area contributed by atoms with Gasteiger partial charge in [0.15, 0.2) is 0 Å². The van der Waals surface area contributed by atoms with Crippen molar-refractivity contribution in [2.45, 2.75) is 25.5 Å². The zero-order valence-corrected chi connectivity index (χ0v) is 11.9. The van der Waals surface area contributed by atoms with Crippen LogP contribution in [-0.2, 0) is 0 Å². The van der Waals surface area contributed by atoms with Crippen molar-refractivity contribution in [2.24, 2.45) is 0 Å². The second-order valence-corrected chi connectivity index (χ2v) is 6.05. The van der Waals surface area contributed by atoms with Crippen molar-refractivity contribution in [3.63, 3.8) is 0 Å². The molecule has 0 aliphatic carbocycles. The molecule has 0 aliphatic heterocycles. The van der Waals surface area contributed by atoms with Crippen LogP contribution in [-0.4, -0.2) is 24.2 Å². The predicted molar refractivity (Wildman–Crippen MR) is 78.1 cm³/mol. The Kier molecular flexibility index (Phi) is 5.00. The molecular formula is C13H22N2OS. The number of nitrogen functional groups attached to an aromatic ring is 1. The maximum atomic E-state index is 5.84. The smallest absolute Gasteiger partial charge is 0.123 e. The number of ether oxygens (including phenoxy) is 1. The lowest BCUT2D eigenvalue weighted by Gasteiger charge is -2.23. The fourth-order valence-corrected chi connectivity index (χ4v) is 1.58. The van der Waals surface area contributed by atoms with Gasteiger partial charge in [-0.25, -0.2) is 0 Å². The summed E-state index contributed by atoms with van der Waals surface area (Å²) in [7, 11) is 0. The first-order valence-corrected chi connectivity index (χ1v) is 7.01. The van der Waals surface area contributed by atoms with E-state index in [1.807, 2.05) is 36.9 Å². The molecule has 3 nitrogen and oxygen atoms in total. The summed E-state index contributed by atoms with van der Waals surface area (Å²) in [5.41, 5.74) is 7.57. The van der Waals surface area contributed by atoms with Crippen molar-refractivity contribution >= 4 is 23.1 Å². The van der Waals surface area contributed by atoms with Crippen molar-refractivity contribution in [1.82, 2.24) is 0 Å². The average molecular weight is 254 g/mol. The molecular weight excluding hydrogens is 232 g/mol. The number of nitrogens with one attached hydrogen (secondary N) is 1. The quantitative estimate of drug-likeness (QED) is 0.765. The van der Waals surface area contributed by atoms with Crippen molar-refractivity contribution in [3.05, 3.63) is 18.2 Å². The van der Waals surface area contributed by atoms with Gasteiger partial charge in [-0.05, 0) is 33.1 Å². The monoisotopic (exact) mass is 254 g/mol. The molecule has 4 heteroatoms. The highest BCUT2D eigenvalue weighted by Gasteiger charge is 2.15. The van der Waals surface area contributed by atoms with Crippen LogP contribution >= 0.6 is 11.8 Å². The number of nitrogens with two attached hydrogens (primary N) is 1. The molecule has 0 aliphatic rings. The highest BCUT2D eigenvalue weighted by atomic mass is 32.2. The Bertz CT molecular complexity index is 366. The summed E-state index contributed by atoms with van der Waals surface area (Å²) in [6, 6.07) is 5.75. The van der Waals surface area contributed by atoms with Crippen LogP contribution in [0.5, 0.6) is 5.75 Å². The molecule has 0 bridgehead atoms. The van der Waals surface area contributed by atoms with E-state index in [2.05, 4.69) is 25.4 Å². The molecule has 0 radical (unpaired) electrons. The number of benzene rings is 1. The zero-order chi connectivity index (χ0) is 12.9. The molecule has 17 heavy (non-hydrogen) atoms. The van der Waals surface area contributed by atoms with Gasteiger partial charge in [0.2, 0.25) is 0 Å². The molecule has 96 valence electrons. The molecule has 0 unspecified atom stereocenters. The lowest BCUT2D eigenvalue weighted by atomic mass is 10.2. The number of hydrogen-bond acceptors (Lipinski definition) is 4. The molecule has 1 rings (SSSR count). The lowest BCUT2D eigenvalue weighted by molar-refractivity contribution is 0.340. The molecule has 0 heterocycles. The molecule has 0 atom stereocenters. The van der Waals surface area contributed by atoms with Gasteiger partial charge in [0, 0.05) is 34.8 Å². The van der Waals surface area contributed by atoms with Crippen LogP contribution in [0.1, 0.15) is 20.8 Å². The maximum absolute atomic E-state index is 5.84. The SMILES string of the molecule is CCOc1cc(N)cc(NCC(C)(C)SC)c1. The Morgan fingerprint density at radius 3 is 2.65 bits per heavy atom. The standard InChI is InChI=1S/C13H22N2OS/c1-5-16-12-7-10(14)6-11(8-12)15-9-13(2,3)17-4/h6-8,15H,5,9,14H2,1-4H3. The van der Waals surface area contributed by atoms with E-state index in [1.165, 1.54) is 0 Å². The van der Waals surface area contributed by atoms with Gasteiger partial charge in [0.05, 0.1) is 6.61 Å². The molecule has 0 aromatic heterocycles. The van der Waals surface area contributed by atoms with Crippen LogP contribution in [0.2, 0.25) is 0 Å². The van der Waals surface area contributed by atoms with Crippen LogP contribution in [0.15, 0.2) is 18.2 Å². The summed E-state index contributed by atoms with van der Waals surface area (Å²) in [5, 5.41) is 3.39. The summed E-state index contributed by atoms with van der Waals surface area (Å²) in [6.45, 7) is 7.93. The molecule has 0 amide bonds. The van der Waals surface area contributed by atoms with Gasteiger partial charge in [-0.1, -0.05) is 0 Å². The Balaban J connectivity index is 2.70. The maximum Gasteiger partial charge on any atom is 0.123 e. The van der Waals surface area contributed by atoms with Crippen LogP contribution in [0, 0.1) is 0 Å². The van der Waals surface area contributed by atoms with E-state index in [4.69, 9.17) is 10.5 Å². The largest absolute Gasteiger partial charge is 0.494 e. The van der Waals surface area contributed by atoms with E-state index in [9.17, 15) is 0 Å². The lowest BCUT2D eigenvalue weighted by Crippen LogP contribution is -2.25. The number of rotatable bonds is 6. The topological polar surface area (TPSA) is 47.3 Å². The first-order chi connectivity index (χ1) is 7.96. The number of hydrogen-bond donors (Lipinski definition) is 2. The third-order valence-corrected chi connectivity index (χ3v) is 3.76. The fourth-order valence-electron chi connectivity index (χ4n) is 1.36. The minimum absolute atomic E-state index is 0.205. The second-order valence-electron chi connectivity index (χ2n) is 4.54. The highest BCUT2D eigenvalue weighted by Crippen LogP contribution is 2.25.